The third-order valence-electron chi connectivity index (χ3n) is 6.89. The maximum atomic E-state index is 13.7. The molecule has 0 bridgehead atoms. The van der Waals surface area contributed by atoms with Crippen molar-refractivity contribution in [1.82, 2.24) is 10.2 Å². The highest BCUT2D eigenvalue weighted by atomic mass is 32.2. The zero-order valence-electron chi connectivity index (χ0n) is 22.3. The molecule has 2 aromatic rings. The van der Waals surface area contributed by atoms with Crippen LogP contribution in [-0.2, 0) is 26.0 Å². The van der Waals surface area contributed by atoms with E-state index in [1.807, 2.05) is 43.3 Å². The number of hydrogen-bond acceptors (Lipinski definition) is 5. The molecule has 1 N–H and O–H groups in total. The number of carbonyl (C=O) groups excluding carboxylic acids is 2. The number of ether oxygens (including phenoxy) is 1. The normalized spacial score (nSPS) is 15.0. The van der Waals surface area contributed by atoms with Gasteiger partial charge >= 0.3 is 0 Å². The maximum absolute atomic E-state index is 13.7. The number of benzene rings is 2. The van der Waals surface area contributed by atoms with Gasteiger partial charge in [-0.05, 0) is 56.4 Å². The molecule has 0 saturated heterocycles. The van der Waals surface area contributed by atoms with Gasteiger partial charge in [0.1, 0.15) is 18.3 Å². The average Bonchev–Trinajstić information content (AvgIpc) is 2.87. The quantitative estimate of drug-likeness (QED) is 0.479. The molecule has 8 nitrogen and oxygen atoms in total. The third kappa shape index (κ3) is 7.95. The first kappa shape index (κ1) is 28.5. The molecule has 1 atom stereocenters. The van der Waals surface area contributed by atoms with Crippen LogP contribution in [0, 0.1) is 6.92 Å². The lowest BCUT2D eigenvalue weighted by Crippen LogP contribution is -2.53. The molecule has 0 radical (unpaired) electrons. The standard InChI is InChI=1S/C28H39N3O5S/c1-21-15-16-26(36-3)25(19-21)31(37(4,34)35)20-27(32)30(18-17-23-11-7-5-8-12-23)22(2)28(33)29-24-13-9-6-10-14-24/h5,7-8,11-12,15-16,19,22,24H,6,9-10,13-14,17-18,20H2,1-4H3,(H,29,33)/t22-/m0/s1. The highest BCUT2D eigenvalue weighted by molar-refractivity contribution is 7.92. The van der Waals surface area contributed by atoms with Crippen LogP contribution in [0.15, 0.2) is 48.5 Å². The molecular weight excluding hydrogens is 490 g/mol. The van der Waals surface area contributed by atoms with E-state index in [9.17, 15) is 18.0 Å². The first-order chi connectivity index (χ1) is 17.6. The summed E-state index contributed by atoms with van der Waals surface area (Å²) in [6.45, 7) is 3.40. The van der Waals surface area contributed by atoms with Gasteiger partial charge in [0.25, 0.3) is 0 Å². The number of amides is 2. The lowest BCUT2D eigenvalue weighted by Gasteiger charge is -2.33. The molecular formula is C28H39N3O5S. The Morgan fingerprint density at radius 3 is 2.38 bits per heavy atom. The number of nitrogens with zero attached hydrogens (tertiary/aromatic N) is 2. The van der Waals surface area contributed by atoms with E-state index in [2.05, 4.69) is 5.32 Å². The summed E-state index contributed by atoms with van der Waals surface area (Å²) < 4.78 is 32.1. The molecule has 9 heteroatoms. The van der Waals surface area contributed by atoms with Gasteiger partial charge in [-0.3, -0.25) is 13.9 Å². The van der Waals surface area contributed by atoms with Crippen LogP contribution in [0.3, 0.4) is 0 Å². The molecule has 3 rings (SSSR count). The summed E-state index contributed by atoms with van der Waals surface area (Å²) in [5, 5.41) is 3.11. The molecule has 202 valence electrons. The number of sulfonamides is 1. The van der Waals surface area contributed by atoms with Crippen LogP contribution in [-0.4, -0.2) is 63.7 Å². The molecule has 1 fully saturated rings. The number of carbonyl (C=O) groups is 2. The van der Waals surface area contributed by atoms with Crippen molar-refractivity contribution < 1.29 is 22.7 Å². The summed E-state index contributed by atoms with van der Waals surface area (Å²) >= 11 is 0. The Balaban J connectivity index is 1.86. The van der Waals surface area contributed by atoms with Gasteiger partial charge in [0.2, 0.25) is 21.8 Å². The summed E-state index contributed by atoms with van der Waals surface area (Å²) in [6.07, 6.45) is 6.81. The number of rotatable bonds is 11. The SMILES string of the molecule is COc1ccc(C)cc1N(CC(=O)N(CCc1ccccc1)[C@@H](C)C(=O)NC1CCCCC1)S(C)(=O)=O. The van der Waals surface area contributed by atoms with Crippen molar-refractivity contribution >= 4 is 27.5 Å². The van der Waals surface area contributed by atoms with Crippen LogP contribution < -0.4 is 14.4 Å². The Bertz CT molecular complexity index is 1160. The Morgan fingerprint density at radius 1 is 1.08 bits per heavy atom. The van der Waals surface area contributed by atoms with Crippen LogP contribution in [0.25, 0.3) is 0 Å². The van der Waals surface area contributed by atoms with Gasteiger partial charge in [0.15, 0.2) is 0 Å². The lowest BCUT2D eigenvalue weighted by molar-refractivity contribution is -0.139. The molecule has 2 amide bonds. The maximum Gasteiger partial charge on any atom is 0.244 e. The van der Waals surface area contributed by atoms with Gasteiger partial charge in [-0.2, -0.15) is 0 Å². The van der Waals surface area contributed by atoms with Gasteiger partial charge in [0.05, 0.1) is 19.1 Å². The number of anilines is 1. The molecule has 1 aliphatic rings. The highest BCUT2D eigenvalue weighted by Gasteiger charge is 2.31. The Hall–Kier alpha value is -3.07. The summed E-state index contributed by atoms with van der Waals surface area (Å²) in [5.41, 5.74) is 2.15. The minimum atomic E-state index is -3.83. The molecule has 0 aliphatic heterocycles. The van der Waals surface area contributed by atoms with Gasteiger partial charge in [-0.15, -0.1) is 0 Å². The van der Waals surface area contributed by atoms with Crippen LogP contribution in [0.1, 0.15) is 50.2 Å². The number of hydrogen-bond donors (Lipinski definition) is 1. The number of nitrogens with one attached hydrogen (secondary N) is 1. The average molecular weight is 530 g/mol. The van der Waals surface area contributed by atoms with Crippen molar-refractivity contribution in [3.63, 3.8) is 0 Å². The van der Waals surface area contributed by atoms with Crippen LogP contribution in [0.4, 0.5) is 5.69 Å². The van der Waals surface area contributed by atoms with E-state index in [4.69, 9.17) is 4.74 Å². The molecule has 1 aliphatic carbocycles. The number of aryl methyl sites for hydroxylation is 1. The minimum Gasteiger partial charge on any atom is -0.495 e. The fourth-order valence-electron chi connectivity index (χ4n) is 4.73. The van der Waals surface area contributed by atoms with E-state index < -0.39 is 28.5 Å². The van der Waals surface area contributed by atoms with Crippen LogP contribution in [0.2, 0.25) is 0 Å². The molecule has 0 aromatic heterocycles. The van der Waals surface area contributed by atoms with E-state index in [0.29, 0.717) is 17.9 Å². The molecule has 1 saturated carbocycles. The summed E-state index contributed by atoms with van der Waals surface area (Å²) in [5.74, 6) is -0.314. The van der Waals surface area contributed by atoms with E-state index in [1.165, 1.54) is 18.4 Å². The van der Waals surface area contributed by atoms with Gasteiger partial charge in [0, 0.05) is 12.6 Å². The van der Waals surface area contributed by atoms with Gasteiger partial charge in [-0.25, -0.2) is 8.42 Å². The van der Waals surface area contributed by atoms with E-state index in [-0.39, 0.29) is 18.5 Å². The fraction of sp³-hybridized carbons (Fsp3) is 0.500. The van der Waals surface area contributed by atoms with Gasteiger partial charge < -0.3 is 15.0 Å². The highest BCUT2D eigenvalue weighted by Crippen LogP contribution is 2.31. The van der Waals surface area contributed by atoms with Crippen molar-refractivity contribution in [2.45, 2.75) is 64.5 Å². The Morgan fingerprint density at radius 2 is 1.76 bits per heavy atom. The van der Waals surface area contributed by atoms with Crippen molar-refractivity contribution in [2.75, 3.05) is 30.8 Å². The summed E-state index contributed by atoms with van der Waals surface area (Å²) in [4.78, 5) is 28.4. The van der Waals surface area contributed by atoms with Crippen molar-refractivity contribution in [1.29, 1.82) is 0 Å². The van der Waals surface area contributed by atoms with Crippen molar-refractivity contribution in [3.05, 3.63) is 59.7 Å². The molecule has 0 spiro atoms. The Labute approximate surface area is 221 Å². The molecule has 37 heavy (non-hydrogen) atoms. The Kier molecular flexibility index (Phi) is 9.97. The summed E-state index contributed by atoms with van der Waals surface area (Å²) in [7, 11) is -2.37. The molecule has 0 unspecified atom stereocenters. The third-order valence-corrected chi connectivity index (χ3v) is 8.01. The van der Waals surface area contributed by atoms with E-state index in [0.717, 1.165) is 47.4 Å². The molecule has 0 heterocycles. The predicted molar refractivity (Wildman–Crippen MR) is 146 cm³/mol. The fourth-order valence-corrected chi connectivity index (χ4v) is 5.57. The van der Waals surface area contributed by atoms with Crippen molar-refractivity contribution in [2.24, 2.45) is 0 Å². The van der Waals surface area contributed by atoms with Crippen LogP contribution in [0.5, 0.6) is 5.75 Å². The smallest absolute Gasteiger partial charge is 0.244 e. The molecule has 2 aromatic carbocycles. The van der Waals surface area contributed by atoms with Crippen molar-refractivity contribution in [3.8, 4) is 5.75 Å². The second kappa shape index (κ2) is 12.9. The lowest BCUT2D eigenvalue weighted by atomic mass is 9.95. The topological polar surface area (TPSA) is 96.0 Å². The summed E-state index contributed by atoms with van der Waals surface area (Å²) in [6, 6.07) is 14.2. The predicted octanol–water partition coefficient (Wildman–Crippen LogP) is 3.68. The van der Waals surface area contributed by atoms with E-state index in [1.54, 1.807) is 19.1 Å². The monoisotopic (exact) mass is 529 g/mol. The first-order valence-corrected chi connectivity index (χ1v) is 14.7. The number of methoxy groups -OCH3 is 1. The minimum absolute atomic E-state index is 0.110. The largest absolute Gasteiger partial charge is 0.495 e. The van der Waals surface area contributed by atoms with E-state index >= 15 is 0 Å². The first-order valence-electron chi connectivity index (χ1n) is 12.9. The van der Waals surface area contributed by atoms with Gasteiger partial charge in [-0.1, -0.05) is 55.7 Å². The van der Waals surface area contributed by atoms with Crippen LogP contribution >= 0.6 is 0 Å². The zero-order valence-corrected chi connectivity index (χ0v) is 23.1. The second-order valence-electron chi connectivity index (χ2n) is 9.79. The zero-order chi connectivity index (χ0) is 27.0. The second-order valence-corrected chi connectivity index (χ2v) is 11.7.